The Hall–Kier alpha value is -1.50. The number of nitrogens with zero attached hydrogens (tertiary/aromatic N) is 2. The van der Waals surface area contributed by atoms with Gasteiger partial charge in [-0.25, -0.2) is 13.3 Å². The Balaban J connectivity index is 2.29. The third-order valence-corrected chi connectivity index (χ3v) is 2.64. The van der Waals surface area contributed by atoms with E-state index in [0.29, 0.717) is 5.52 Å². The van der Waals surface area contributed by atoms with Crippen molar-refractivity contribution in [1.82, 2.24) is 14.9 Å². The number of pyridine rings is 1. The number of fused-ring (bicyclic) bond motifs is 1. The first-order valence-corrected chi connectivity index (χ1v) is 5.56. The predicted molar refractivity (Wildman–Crippen MR) is 61.2 cm³/mol. The third kappa shape index (κ3) is 2.60. The maximum atomic E-state index is 12.0. The van der Waals surface area contributed by atoms with E-state index in [1.54, 1.807) is 18.3 Å². The lowest BCUT2D eigenvalue weighted by atomic mass is 10.2. The molecule has 7 heteroatoms. The van der Waals surface area contributed by atoms with E-state index in [9.17, 15) is 13.6 Å². The second kappa shape index (κ2) is 4.79. The van der Waals surface area contributed by atoms with Gasteiger partial charge in [-0.15, -0.1) is 0 Å². The minimum Gasteiger partial charge on any atom is -0.346 e. The standard InChI is InChI=1S/C10H8BrF2N3O/c11-6-1-2-16-8(3-6)7(4-15-16)10(17)14-5-9(12)13/h1-4,9H,5H2,(H,14,17). The van der Waals surface area contributed by atoms with Crippen LogP contribution in [0.25, 0.3) is 5.52 Å². The summed E-state index contributed by atoms with van der Waals surface area (Å²) in [5.41, 5.74) is 0.832. The summed E-state index contributed by atoms with van der Waals surface area (Å²) in [7, 11) is 0. The number of carbonyl (C=O) groups excluding carboxylic acids is 1. The molecule has 1 N–H and O–H groups in total. The molecule has 0 aliphatic heterocycles. The van der Waals surface area contributed by atoms with Crippen LogP contribution >= 0.6 is 15.9 Å². The summed E-state index contributed by atoms with van der Waals surface area (Å²) in [6.45, 7) is -0.663. The summed E-state index contributed by atoms with van der Waals surface area (Å²) < 4.78 is 26.2. The first-order valence-electron chi connectivity index (χ1n) is 4.77. The summed E-state index contributed by atoms with van der Waals surface area (Å²) >= 11 is 3.27. The Morgan fingerprint density at radius 3 is 3.06 bits per heavy atom. The molecule has 0 saturated carbocycles. The molecule has 0 saturated heterocycles. The number of hydrogen-bond donors (Lipinski definition) is 1. The van der Waals surface area contributed by atoms with Gasteiger partial charge in [0.2, 0.25) is 0 Å². The molecule has 0 radical (unpaired) electrons. The minimum absolute atomic E-state index is 0.270. The molecule has 1 amide bonds. The fraction of sp³-hybridized carbons (Fsp3) is 0.200. The molecule has 0 aromatic carbocycles. The van der Waals surface area contributed by atoms with Crippen molar-refractivity contribution < 1.29 is 13.6 Å². The molecule has 0 aliphatic rings. The van der Waals surface area contributed by atoms with Crippen LogP contribution in [0.4, 0.5) is 8.78 Å². The molecule has 0 aliphatic carbocycles. The van der Waals surface area contributed by atoms with Crippen LogP contribution < -0.4 is 5.32 Å². The van der Waals surface area contributed by atoms with Crippen LogP contribution in [0.5, 0.6) is 0 Å². The van der Waals surface area contributed by atoms with Crippen LogP contribution in [0.1, 0.15) is 10.4 Å². The van der Waals surface area contributed by atoms with Crippen LogP contribution in [0.3, 0.4) is 0 Å². The number of halogens is 3. The number of rotatable bonds is 3. The van der Waals surface area contributed by atoms with Crippen molar-refractivity contribution in [1.29, 1.82) is 0 Å². The van der Waals surface area contributed by atoms with Crippen LogP contribution in [0.2, 0.25) is 0 Å². The molecular formula is C10H8BrF2N3O. The highest BCUT2D eigenvalue weighted by Gasteiger charge is 2.14. The van der Waals surface area contributed by atoms with E-state index in [-0.39, 0.29) is 5.56 Å². The van der Waals surface area contributed by atoms with Gasteiger partial charge < -0.3 is 5.32 Å². The summed E-state index contributed by atoms with van der Waals surface area (Å²) in [6, 6.07) is 3.46. The maximum Gasteiger partial charge on any atom is 0.255 e. The zero-order valence-electron chi connectivity index (χ0n) is 8.53. The molecule has 17 heavy (non-hydrogen) atoms. The van der Waals surface area contributed by atoms with Crippen molar-refractivity contribution in [3.05, 3.63) is 34.6 Å². The maximum absolute atomic E-state index is 12.0. The van der Waals surface area contributed by atoms with Gasteiger partial charge in [0, 0.05) is 10.7 Å². The topological polar surface area (TPSA) is 46.4 Å². The SMILES string of the molecule is O=C(NCC(F)F)c1cnn2ccc(Br)cc12. The number of hydrogen-bond acceptors (Lipinski definition) is 2. The van der Waals surface area contributed by atoms with Crippen molar-refractivity contribution in [2.24, 2.45) is 0 Å². The Morgan fingerprint density at radius 2 is 2.35 bits per heavy atom. The van der Waals surface area contributed by atoms with Gasteiger partial charge >= 0.3 is 0 Å². The molecule has 90 valence electrons. The van der Waals surface area contributed by atoms with E-state index in [1.165, 1.54) is 10.7 Å². The summed E-state index contributed by atoms with van der Waals surface area (Å²) in [4.78, 5) is 11.6. The van der Waals surface area contributed by atoms with Gasteiger partial charge in [0.1, 0.15) is 0 Å². The van der Waals surface area contributed by atoms with Gasteiger partial charge in [-0.3, -0.25) is 4.79 Å². The molecule has 0 atom stereocenters. The number of amides is 1. The summed E-state index contributed by atoms with van der Waals surface area (Å²) in [6.07, 6.45) is 0.457. The lowest BCUT2D eigenvalue weighted by Crippen LogP contribution is -2.28. The van der Waals surface area contributed by atoms with Gasteiger partial charge in [0.15, 0.2) is 0 Å². The molecule has 2 aromatic rings. The van der Waals surface area contributed by atoms with Gasteiger partial charge in [-0.1, -0.05) is 15.9 Å². The third-order valence-electron chi connectivity index (χ3n) is 2.15. The zero-order valence-corrected chi connectivity index (χ0v) is 10.1. The highest BCUT2D eigenvalue weighted by Crippen LogP contribution is 2.16. The minimum atomic E-state index is -2.56. The molecule has 2 rings (SSSR count). The van der Waals surface area contributed by atoms with Crippen LogP contribution in [-0.2, 0) is 0 Å². The normalized spacial score (nSPS) is 11.1. The van der Waals surface area contributed by atoms with E-state index >= 15 is 0 Å². The summed E-state index contributed by atoms with van der Waals surface area (Å²) in [5.74, 6) is -0.557. The average molecular weight is 304 g/mol. The van der Waals surface area contributed by atoms with Crippen LogP contribution in [0.15, 0.2) is 29.0 Å². The lowest BCUT2D eigenvalue weighted by Gasteiger charge is -2.02. The smallest absolute Gasteiger partial charge is 0.255 e. The second-order valence-electron chi connectivity index (χ2n) is 3.33. The Labute approximate surface area is 104 Å². The Morgan fingerprint density at radius 1 is 1.59 bits per heavy atom. The highest BCUT2D eigenvalue weighted by atomic mass is 79.9. The van der Waals surface area contributed by atoms with Crippen molar-refractivity contribution >= 4 is 27.4 Å². The van der Waals surface area contributed by atoms with Crippen molar-refractivity contribution in [3.63, 3.8) is 0 Å². The quantitative estimate of drug-likeness (QED) is 0.944. The van der Waals surface area contributed by atoms with Crippen molar-refractivity contribution in [2.75, 3.05) is 6.54 Å². The van der Waals surface area contributed by atoms with E-state index in [4.69, 9.17) is 0 Å². The van der Waals surface area contributed by atoms with E-state index in [0.717, 1.165) is 4.47 Å². The molecular weight excluding hydrogens is 296 g/mol. The van der Waals surface area contributed by atoms with Gasteiger partial charge in [0.05, 0.1) is 23.8 Å². The molecule has 2 heterocycles. The largest absolute Gasteiger partial charge is 0.346 e. The Kier molecular flexibility index (Phi) is 3.37. The first-order chi connectivity index (χ1) is 8.08. The second-order valence-corrected chi connectivity index (χ2v) is 4.25. The number of carbonyl (C=O) groups is 1. The number of alkyl halides is 2. The predicted octanol–water partition coefficient (Wildman–Crippen LogP) is 2.09. The van der Waals surface area contributed by atoms with Crippen LogP contribution in [-0.4, -0.2) is 28.5 Å². The Bertz CT molecular complexity index is 555. The van der Waals surface area contributed by atoms with E-state index in [1.807, 2.05) is 0 Å². The van der Waals surface area contributed by atoms with Gasteiger partial charge in [-0.05, 0) is 12.1 Å². The zero-order chi connectivity index (χ0) is 12.4. The monoisotopic (exact) mass is 303 g/mol. The fourth-order valence-electron chi connectivity index (χ4n) is 1.39. The molecule has 0 fully saturated rings. The fourth-order valence-corrected chi connectivity index (χ4v) is 1.73. The molecule has 0 spiro atoms. The molecule has 2 aromatic heterocycles. The molecule has 0 bridgehead atoms. The lowest BCUT2D eigenvalue weighted by molar-refractivity contribution is 0.0893. The van der Waals surface area contributed by atoms with E-state index < -0.39 is 18.9 Å². The van der Waals surface area contributed by atoms with Gasteiger partial charge in [0.25, 0.3) is 12.3 Å². The number of aromatic nitrogens is 2. The van der Waals surface area contributed by atoms with Crippen molar-refractivity contribution in [3.8, 4) is 0 Å². The highest BCUT2D eigenvalue weighted by molar-refractivity contribution is 9.10. The number of nitrogens with one attached hydrogen (secondary N) is 1. The van der Waals surface area contributed by atoms with Gasteiger partial charge in [-0.2, -0.15) is 5.10 Å². The van der Waals surface area contributed by atoms with Crippen LogP contribution in [0, 0.1) is 0 Å². The first kappa shape index (κ1) is 12.0. The summed E-state index contributed by atoms with van der Waals surface area (Å²) in [5, 5.41) is 6.09. The molecule has 0 unspecified atom stereocenters. The average Bonchev–Trinajstić information content (AvgIpc) is 2.68. The molecule has 4 nitrogen and oxygen atoms in total. The van der Waals surface area contributed by atoms with Crippen molar-refractivity contribution in [2.45, 2.75) is 6.43 Å². The van der Waals surface area contributed by atoms with E-state index in [2.05, 4.69) is 26.3 Å².